The maximum absolute atomic E-state index is 10.9. The van der Waals surface area contributed by atoms with E-state index in [1.807, 2.05) is 6.07 Å². The number of nitrogens with zero attached hydrogens (tertiary/aromatic N) is 2. The van der Waals surface area contributed by atoms with E-state index in [0.29, 0.717) is 6.04 Å². The normalized spacial score (nSPS) is 11.1. The molecule has 0 saturated heterocycles. The number of nitro benzene ring substituents is 1. The summed E-state index contributed by atoms with van der Waals surface area (Å²) in [6.45, 7) is 11.0. The van der Waals surface area contributed by atoms with Gasteiger partial charge in [0.15, 0.2) is 0 Å². The van der Waals surface area contributed by atoms with E-state index in [0.717, 1.165) is 37.3 Å². The molecule has 0 aliphatic rings. The van der Waals surface area contributed by atoms with Crippen molar-refractivity contribution in [1.82, 2.24) is 4.90 Å². The lowest BCUT2D eigenvalue weighted by molar-refractivity contribution is -0.384. The van der Waals surface area contributed by atoms with E-state index in [1.54, 1.807) is 12.1 Å². The topological polar surface area (TPSA) is 58.4 Å². The summed E-state index contributed by atoms with van der Waals surface area (Å²) in [5, 5.41) is 14.3. The van der Waals surface area contributed by atoms with Crippen LogP contribution in [0.5, 0.6) is 0 Å². The number of nitrogens with one attached hydrogen (secondary N) is 1. The highest BCUT2D eigenvalue weighted by Crippen LogP contribution is 2.24. The zero-order valence-electron chi connectivity index (χ0n) is 12.8. The zero-order chi connectivity index (χ0) is 15.1. The number of hydrogen-bond donors (Lipinski definition) is 1. The van der Waals surface area contributed by atoms with E-state index in [9.17, 15) is 10.1 Å². The van der Waals surface area contributed by atoms with E-state index in [-0.39, 0.29) is 10.6 Å². The molecule has 0 unspecified atom stereocenters. The molecule has 0 heterocycles. The predicted molar refractivity (Wildman–Crippen MR) is 83.1 cm³/mol. The van der Waals surface area contributed by atoms with Gasteiger partial charge >= 0.3 is 0 Å². The third-order valence-corrected chi connectivity index (χ3v) is 3.38. The summed E-state index contributed by atoms with van der Waals surface area (Å²) in [6, 6.07) is 5.48. The van der Waals surface area contributed by atoms with Crippen molar-refractivity contribution in [3.05, 3.63) is 33.9 Å². The highest BCUT2D eigenvalue weighted by Gasteiger charge is 2.14. The quantitative estimate of drug-likeness (QED) is 0.583. The number of non-ortho nitro benzene ring substituents is 1. The Kier molecular flexibility index (Phi) is 6.45. The molecule has 1 aromatic carbocycles. The Morgan fingerprint density at radius 3 is 2.55 bits per heavy atom. The van der Waals surface area contributed by atoms with Gasteiger partial charge in [0.25, 0.3) is 5.69 Å². The van der Waals surface area contributed by atoms with Gasteiger partial charge < -0.3 is 5.32 Å². The Labute approximate surface area is 121 Å². The lowest BCUT2D eigenvalue weighted by atomic mass is 10.1. The summed E-state index contributed by atoms with van der Waals surface area (Å²) < 4.78 is 0. The SMILES string of the molecule is CCCNc1ccc([N+](=O)[O-])cc1CN(CC)C(C)C. The van der Waals surface area contributed by atoms with Crippen molar-refractivity contribution < 1.29 is 4.92 Å². The molecule has 0 spiro atoms. The Balaban J connectivity index is 3.03. The molecule has 0 aliphatic heterocycles. The summed E-state index contributed by atoms with van der Waals surface area (Å²) >= 11 is 0. The fourth-order valence-corrected chi connectivity index (χ4v) is 2.13. The lowest BCUT2D eigenvalue weighted by Crippen LogP contribution is -2.30. The minimum absolute atomic E-state index is 0.154. The first-order valence-electron chi connectivity index (χ1n) is 7.24. The molecular formula is C15H25N3O2. The van der Waals surface area contributed by atoms with Gasteiger partial charge in [-0.2, -0.15) is 0 Å². The van der Waals surface area contributed by atoms with Gasteiger partial charge in [-0.15, -0.1) is 0 Å². The number of anilines is 1. The third-order valence-electron chi connectivity index (χ3n) is 3.38. The number of benzene rings is 1. The van der Waals surface area contributed by atoms with E-state index < -0.39 is 0 Å². The molecule has 1 rings (SSSR count). The Morgan fingerprint density at radius 2 is 2.05 bits per heavy atom. The average Bonchev–Trinajstić information content (AvgIpc) is 2.42. The van der Waals surface area contributed by atoms with Crippen LogP contribution in [0, 0.1) is 10.1 Å². The van der Waals surface area contributed by atoms with Crippen LogP contribution in [-0.2, 0) is 6.54 Å². The van der Waals surface area contributed by atoms with Crippen molar-refractivity contribution >= 4 is 11.4 Å². The van der Waals surface area contributed by atoms with Gasteiger partial charge in [0.2, 0.25) is 0 Å². The van der Waals surface area contributed by atoms with Gasteiger partial charge in [-0.3, -0.25) is 15.0 Å². The molecule has 1 N–H and O–H groups in total. The van der Waals surface area contributed by atoms with Crippen molar-refractivity contribution in [2.45, 2.75) is 46.7 Å². The molecule has 1 aromatic rings. The van der Waals surface area contributed by atoms with Gasteiger partial charge in [-0.25, -0.2) is 0 Å². The molecular weight excluding hydrogens is 254 g/mol. The van der Waals surface area contributed by atoms with Crippen LogP contribution in [0.4, 0.5) is 11.4 Å². The van der Waals surface area contributed by atoms with Gasteiger partial charge in [0, 0.05) is 37.0 Å². The fourth-order valence-electron chi connectivity index (χ4n) is 2.13. The summed E-state index contributed by atoms with van der Waals surface area (Å²) in [4.78, 5) is 12.9. The van der Waals surface area contributed by atoms with E-state index in [2.05, 4.69) is 37.9 Å². The molecule has 0 saturated carbocycles. The Hall–Kier alpha value is -1.62. The minimum Gasteiger partial charge on any atom is -0.385 e. The van der Waals surface area contributed by atoms with Gasteiger partial charge in [-0.05, 0) is 38.4 Å². The molecule has 0 atom stereocenters. The minimum atomic E-state index is -0.335. The predicted octanol–water partition coefficient (Wildman–Crippen LogP) is 3.65. The summed E-state index contributed by atoms with van der Waals surface area (Å²) in [5.41, 5.74) is 2.14. The van der Waals surface area contributed by atoms with Crippen molar-refractivity contribution in [2.24, 2.45) is 0 Å². The number of hydrogen-bond acceptors (Lipinski definition) is 4. The van der Waals surface area contributed by atoms with Crippen LogP contribution in [-0.4, -0.2) is 29.0 Å². The molecule has 0 fully saturated rings. The molecule has 0 aliphatic carbocycles. The largest absolute Gasteiger partial charge is 0.385 e. The molecule has 0 bridgehead atoms. The molecule has 0 amide bonds. The standard InChI is InChI=1S/C15H25N3O2/c1-5-9-16-15-8-7-14(18(19)20)10-13(15)11-17(6-2)12(3)4/h7-8,10,12,16H,5-6,9,11H2,1-4H3. The van der Waals surface area contributed by atoms with Crippen LogP contribution in [0.15, 0.2) is 18.2 Å². The van der Waals surface area contributed by atoms with Gasteiger partial charge in [0.05, 0.1) is 4.92 Å². The van der Waals surface area contributed by atoms with Gasteiger partial charge in [0.1, 0.15) is 0 Å². The molecule has 5 nitrogen and oxygen atoms in total. The molecule has 0 aromatic heterocycles. The van der Waals surface area contributed by atoms with Crippen LogP contribution in [0.3, 0.4) is 0 Å². The van der Waals surface area contributed by atoms with Crippen LogP contribution >= 0.6 is 0 Å². The van der Waals surface area contributed by atoms with Crippen molar-refractivity contribution in [3.63, 3.8) is 0 Å². The van der Waals surface area contributed by atoms with E-state index in [4.69, 9.17) is 0 Å². The third kappa shape index (κ3) is 4.49. The summed E-state index contributed by atoms with van der Waals surface area (Å²) in [7, 11) is 0. The first-order valence-corrected chi connectivity index (χ1v) is 7.24. The molecule has 0 radical (unpaired) electrons. The van der Waals surface area contributed by atoms with Crippen LogP contribution in [0.2, 0.25) is 0 Å². The highest BCUT2D eigenvalue weighted by molar-refractivity contribution is 5.56. The lowest BCUT2D eigenvalue weighted by Gasteiger charge is -2.26. The van der Waals surface area contributed by atoms with Crippen molar-refractivity contribution in [2.75, 3.05) is 18.4 Å². The average molecular weight is 279 g/mol. The smallest absolute Gasteiger partial charge is 0.269 e. The number of rotatable bonds is 8. The summed E-state index contributed by atoms with van der Waals surface area (Å²) in [6.07, 6.45) is 1.03. The second-order valence-electron chi connectivity index (χ2n) is 5.18. The summed E-state index contributed by atoms with van der Waals surface area (Å²) in [5.74, 6) is 0. The number of nitro groups is 1. The second-order valence-corrected chi connectivity index (χ2v) is 5.18. The van der Waals surface area contributed by atoms with Crippen molar-refractivity contribution in [3.8, 4) is 0 Å². The fraction of sp³-hybridized carbons (Fsp3) is 0.600. The molecule has 112 valence electrons. The molecule has 5 heteroatoms. The maximum atomic E-state index is 10.9. The van der Waals surface area contributed by atoms with E-state index in [1.165, 1.54) is 0 Å². The Morgan fingerprint density at radius 1 is 1.35 bits per heavy atom. The first kappa shape index (κ1) is 16.4. The second kappa shape index (κ2) is 7.85. The first-order chi connectivity index (χ1) is 9.49. The van der Waals surface area contributed by atoms with Crippen LogP contribution in [0.25, 0.3) is 0 Å². The van der Waals surface area contributed by atoms with Crippen LogP contribution < -0.4 is 5.32 Å². The maximum Gasteiger partial charge on any atom is 0.269 e. The van der Waals surface area contributed by atoms with Gasteiger partial charge in [-0.1, -0.05) is 13.8 Å². The Bertz CT molecular complexity index is 447. The zero-order valence-corrected chi connectivity index (χ0v) is 12.8. The highest BCUT2D eigenvalue weighted by atomic mass is 16.6. The monoisotopic (exact) mass is 279 g/mol. The van der Waals surface area contributed by atoms with Crippen LogP contribution in [0.1, 0.15) is 39.7 Å². The van der Waals surface area contributed by atoms with Crippen molar-refractivity contribution in [1.29, 1.82) is 0 Å². The molecule has 20 heavy (non-hydrogen) atoms. The van der Waals surface area contributed by atoms with E-state index >= 15 is 0 Å².